The number of sulfonamides is 1. The van der Waals surface area contributed by atoms with E-state index in [1.54, 1.807) is 44.2 Å². The van der Waals surface area contributed by atoms with Gasteiger partial charge in [-0.05, 0) is 36.1 Å². The summed E-state index contributed by atoms with van der Waals surface area (Å²) >= 11 is 1.37. The number of nitrogens with one attached hydrogen (secondary N) is 1. The molecule has 0 saturated carbocycles. The molecule has 0 radical (unpaired) electrons. The molecule has 1 aromatic heterocycles. The summed E-state index contributed by atoms with van der Waals surface area (Å²) in [6, 6.07) is 9.81. The Morgan fingerprint density at radius 1 is 1.07 bits per heavy atom. The van der Waals surface area contributed by atoms with Gasteiger partial charge in [-0.1, -0.05) is 32.0 Å². The van der Waals surface area contributed by atoms with E-state index in [9.17, 15) is 18.0 Å². The molecular formula is C20H26N2O4S2. The molecule has 0 aliphatic heterocycles. The number of carbonyl (C=O) groups is 2. The zero-order valence-corrected chi connectivity index (χ0v) is 18.0. The number of hydrogen-bond donors (Lipinski definition) is 1. The zero-order chi connectivity index (χ0) is 20.7. The van der Waals surface area contributed by atoms with Crippen LogP contribution >= 0.6 is 11.3 Å². The molecule has 28 heavy (non-hydrogen) atoms. The molecule has 2 rings (SSSR count). The zero-order valence-electron chi connectivity index (χ0n) is 16.3. The van der Waals surface area contributed by atoms with Gasteiger partial charge in [0.05, 0.1) is 15.8 Å². The number of Topliss-reactive ketones (excluding diaryl/α,β-unsaturated/α-hetero) is 1. The topological polar surface area (TPSA) is 83.6 Å². The van der Waals surface area contributed by atoms with Crippen molar-refractivity contribution in [2.75, 3.05) is 13.1 Å². The first-order valence-electron chi connectivity index (χ1n) is 9.25. The SMILES string of the molecule is CCN(CC)S(=O)(=O)c1ccc(C(C)NC(=O)CCC(=O)c2cccs2)cc1. The predicted octanol–water partition coefficient (Wildman–Crippen LogP) is 3.62. The van der Waals surface area contributed by atoms with E-state index in [1.165, 1.54) is 15.6 Å². The van der Waals surface area contributed by atoms with Gasteiger partial charge in [0.1, 0.15) is 0 Å². The molecular weight excluding hydrogens is 396 g/mol. The van der Waals surface area contributed by atoms with E-state index < -0.39 is 10.0 Å². The molecule has 6 nitrogen and oxygen atoms in total. The maximum Gasteiger partial charge on any atom is 0.243 e. The summed E-state index contributed by atoms with van der Waals surface area (Å²) in [6.07, 6.45) is 0.287. The number of nitrogens with zero attached hydrogens (tertiary/aromatic N) is 1. The number of thiophene rings is 1. The molecule has 0 bridgehead atoms. The van der Waals surface area contributed by atoms with Crippen LogP contribution in [0.3, 0.4) is 0 Å². The minimum Gasteiger partial charge on any atom is -0.350 e. The summed E-state index contributed by atoms with van der Waals surface area (Å²) in [5, 5.41) is 4.69. The summed E-state index contributed by atoms with van der Waals surface area (Å²) < 4.78 is 26.5. The molecule has 2 aromatic rings. The van der Waals surface area contributed by atoms with Gasteiger partial charge in [-0.3, -0.25) is 9.59 Å². The highest BCUT2D eigenvalue weighted by molar-refractivity contribution is 7.89. The second-order valence-corrected chi connectivity index (χ2v) is 9.23. The third-order valence-corrected chi connectivity index (χ3v) is 7.45. The highest BCUT2D eigenvalue weighted by Gasteiger charge is 2.21. The number of ketones is 1. The number of carbonyl (C=O) groups excluding carboxylic acids is 2. The summed E-state index contributed by atoms with van der Waals surface area (Å²) in [5.74, 6) is -0.249. The fourth-order valence-electron chi connectivity index (χ4n) is 2.83. The van der Waals surface area contributed by atoms with Crippen LogP contribution in [0.2, 0.25) is 0 Å². The molecule has 0 saturated heterocycles. The number of rotatable bonds is 10. The van der Waals surface area contributed by atoms with Gasteiger partial charge in [-0.25, -0.2) is 8.42 Å². The summed E-state index contributed by atoms with van der Waals surface area (Å²) in [4.78, 5) is 25.0. The van der Waals surface area contributed by atoms with Crippen molar-refractivity contribution < 1.29 is 18.0 Å². The van der Waals surface area contributed by atoms with Crippen molar-refractivity contribution in [1.29, 1.82) is 0 Å². The minimum atomic E-state index is -3.50. The van der Waals surface area contributed by atoms with E-state index in [0.29, 0.717) is 18.0 Å². The average molecular weight is 423 g/mol. The Morgan fingerprint density at radius 2 is 1.71 bits per heavy atom. The molecule has 0 spiro atoms. The first-order chi connectivity index (χ1) is 13.3. The lowest BCUT2D eigenvalue weighted by atomic mass is 10.1. The van der Waals surface area contributed by atoms with Crippen molar-refractivity contribution in [3.8, 4) is 0 Å². The van der Waals surface area contributed by atoms with E-state index in [-0.39, 0.29) is 35.5 Å². The summed E-state index contributed by atoms with van der Waals surface area (Å²) in [5.41, 5.74) is 0.802. The van der Waals surface area contributed by atoms with Crippen LogP contribution < -0.4 is 5.32 Å². The highest BCUT2D eigenvalue weighted by atomic mass is 32.2. The molecule has 1 atom stereocenters. The van der Waals surface area contributed by atoms with Crippen LogP contribution in [0.1, 0.15) is 54.9 Å². The first-order valence-corrected chi connectivity index (χ1v) is 11.6. The van der Waals surface area contributed by atoms with Crippen molar-refractivity contribution in [2.45, 2.75) is 44.6 Å². The normalized spacial score (nSPS) is 12.7. The molecule has 0 aliphatic rings. The number of amides is 1. The largest absolute Gasteiger partial charge is 0.350 e. The Morgan fingerprint density at radius 3 is 2.25 bits per heavy atom. The van der Waals surface area contributed by atoms with Gasteiger partial charge in [-0.2, -0.15) is 4.31 Å². The fourth-order valence-corrected chi connectivity index (χ4v) is 4.98. The van der Waals surface area contributed by atoms with Crippen LogP contribution in [0, 0.1) is 0 Å². The van der Waals surface area contributed by atoms with Gasteiger partial charge in [0.25, 0.3) is 0 Å². The summed E-state index contributed by atoms with van der Waals surface area (Å²) in [7, 11) is -3.50. The van der Waals surface area contributed by atoms with Crippen LogP contribution in [0.4, 0.5) is 0 Å². The van der Waals surface area contributed by atoms with Crippen LogP contribution in [0.5, 0.6) is 0 Å². The quantitative estimate of drug-likeness (QED) is 0.593. The van der Waals surface area contributed by atoms with Crippen molar-refractivity contribution in [3.05, 3.63) is 52.2 Å². The third-order valence-electron chi connectivity index (χ3n) is 4.48. The Labute approximate surface area is 170 Å². The molecule has 152 valence electrons. The van der Waals surface area contributed by atoms with Crippen LogP contribution in [-0.4, -0.2) is 37.5 Å². The lowest BCUT2D eigenvalue weighted by Crippen LogP contribution is -2.30. The molecule has 1 heterocycles. The van der Waals surface area contributed by atoms with E-state index in [4.69, 9.17) is 0 Å². The summed E-state index contributed by atoms with van der Waals surface area (Å²) in [6.45, 7) is 6.26. The Kier molecular flexibility index (Phi) is 7.91. The molecule has 0 fully saturated rings. The van der Waals surface area contributed by atoms with Crippen LogP contribution in [0.25, 0.3) is 0 Å². The number of hydrogen-bond acceptors (Lipinski definition) is 5. The van der Waals surface area contributed by atoms with Crippen LogP contribution in [-0.2, 0) is 14.8 Å². The first kappa shape index (κ1) is 22.3. The average Bonchev–Trinajstić information content (AvgIpc) is 3.22. The van der Waals surface area contributed by atoms with E-state index >= 15 is 0 Å². The monoisotopic (exact) mass is 422 g/mol. The van der Waals surface area contributed by atoms with E-state index in [2.05, 4.69) is 5.32 Å². The second-order valence-electron chi connectivity index (χ2n) is 6.35. The third kappa shape index (κ3) is 5.50. The minimum absolute atomic E-state index is 0.0382. The lowest BCUT2D eigenvalue weighted by molar-refractivity contribution is -0.121. The van der Waals surface area contributed by atoms with Gasteiger partial charge in [0.15, 0.2) is 5.78 Å². The van der Waals surface area contributed by atoms with Crippen molar-refractivity contribution in [3.63, 3.8) is 0 Å². The molecule has 1 N–H and O–H groups in total. The second kappa shape index (κ2) is 9.95. The van der Waals surface area contributed by atoms with E-state index in [0.717, 1.165) is 5.56 Å². The Bertz CT molecular complexity index is 887. The Hall–Kier alpha value is -2.03. The van der Waals surface area contributed by atoms with E-state index in [1.807, 2.05) is 18.4 Å². The number of benzene rings is 1. The van der Waals surface area contributed by atoms with Gasteiger partial charge < -0.3 is 5.32 Å². The van der Waals surface area contributed by atoms with Gasteiger partial charge >= 0.3 is 0 Å². The van der Waals surface area contributed by atoms with Gasteiger partial charge in [-0.15, -0.1) is 11.3 Å². The van der Waals surface area contributed by atoms with Crippen molar-refractivity contribution >= 4 is 33.1 Å². The van der Waals surface area contributed by atoms with Crippen molar-refractivity contribution in [1.82, 2.24) is 9.62 Å². The van der Waals surface area contributed by atoms with Gasteiger partial charge in [0, 0.05) is 25.9 Å². The smallest absolute Gasteiger partial charge is 0.243 e. The highest BCUT2D eigenvalue weighted by Crippen LogP contribution is 2.20. The lowest BCUT2D eigenvalue weighted by Gasteiger charge is -2.19. The molecule has 1 amide bonds. The maximum absolute atomic E-state index is 12.5. The standard InChI is InChI=1S/C20H26N2O4S2/c1-4-22(5-2)28(25,26)17-10-8-16(9-11-17)15(3)21-20(24)13-12-18(23)19-7-6-14-27-19/h6-11,14-15H,4-5,12-13H2,1-3H3,(H,21,24). The predicted molar refractivity (Wildman–Crippen MR) is 111 cm³/mol. The Balaban J connectivity index is 1.94. The fraction of sp³-hybridized carbons (Fsp3) is 0.400. The molecule has 0 aliphatic carbocycles. The van der Waals surface area contributed by atoms with Crippen molar-refractivity contribution in [2.24, 2.45) is 0 Å². The maximum atomic E-state index is 12.5. The molecule has 8 heteroatoms. The molecule has 1 aromatic carbocycles. The van der Waals surface area contributed by atoms with Crippen LogP contribution in [0.15, 0.2) is 46.7 Å². The molecule has 1 unspecified atom stereocenters. The van der Waals surface area contributed by atoms with Gasteiger partial charge in [0.2, 0.25) is 15.9 Å².